The van der Waals surface area contributed by atoms with Crippen LogP contribution in [0.1, 0.15) is 13.3 Å². The van der Waals surface area contributed by atoms with Crippen molar-refractivity contribution >= 4 is 18.3 Å². The first-order valence-corrected chi connectivity index (χ1v) is 3.71. The number of hydrogen-bond donors (Lipinski definition) is 1. The van der Waals surface area contributed by atoms with Crippen LogP contribution in [0.4, 0.5) is 0 Å². The molecule has 0 rings (SSSR count). The molecule has 1 amide bonds. The highest BCUT2D eigenvalue weighted by Gasteiger charge is 2.08. The lowest BCUT2D eigenvalue weighted by Crippen LogP contribution is -2.43. The highest BCUT2D eigenvalue weighted by molar-refractivity contribution is 5.87. The average molecular weight is 193 g/mol. The molecule has 0 aliphatic carbocycles. The zero-order valence-corrected chi connectivity index (χ0v) is 8.65. The molecule has 0 radical (unpaired) electrons. The summed E-state index contributed by atoms with van der Waals surface area (Å²) in [4.78, 5) is 12.8. The first-order valence-electron chi connectivity index (χ1n) is 3.71. The number of carbonyl (C=O) groups is 1. The molecule has 0 bridgehead atoms. The lowest BCUT2D eigenvalue weighted by atomic mass is 10.3. The summed E-state index contributed by atoms with van der Waals surface area (Å²) in [6.07, 6.45) is 2.29. The van der Waals surface area contributed by atoms with Crippen LogP contribution in [0.5, 0.6) is 0 Å². The predicted octanol–water partition coefficient (Wildman–Crippen LogP) is 1.01. The zero-order chi connectivity index (χ0) is 8.85. The van der Waals surface area contributed by atoms with E-state index in [4.69, 9.17) is 0 Å². The Balaban J connectivity index is 0. The molecule has 0 aromatic heterocycles. The van der Waals surface area contributed by atoms with Crippen LogP contribution in [0.25, 0.3) is 0 Å². The second kappa shape index (κ2) is 7.13. The smallest absolute Gasteiger partial charge is 0.244 e. The van der Waals surface area contributed by atoms with Gasteiger partial charge in [0.1, 0.15) is 0 Å². The van der Waals surface area contributed by atoms with Gasteiger partial charge in [-0.15, -0.1) is 12.4 Å². The van der Waals surface area contributed by atoms with Gasteiger partial charge in [-0.25, -0.2) is 0 Å². The van der Waals surface area contributed by atoms with Crippen molar-refractivity contribution < 1.29 is 4.79 Å². The minimum absolute atomic E-state index is 0. The van der Waals surface area contributed by atoms with Gasteiger partial charge >= 0.3 is 0 Å². The number of rotatable bonds is 4. The van der Waals surface area contributed by atoms with E-state index >= 15 is 0 Å². The van der Waals surface area contributed by atoms with Crippen LogP contribution in [0.15, 0.2) is 12.7 Å². The topological polar surface area (TPSA) is 32.3 Å². The van der Waals surface area contributed by atoms with Gasteiger partial charge in [0.05, 0.1) is 6.17 Å². The summed E-state index contributed by atoms with van der Waals surface area (Å²) in [5, 5.41) is 2.78. The van der Waals surface area contributed by atoms with Crippen molar-refractivity contribution in [2.45, 2.75) is 19.5 Å². The van der Waals surface area contributed by atoms with Crippen molar-refractivity contribution in [1.29, 1.82) is 0 Å². The Hall–Kier alpha value is -0.540. The average Bonchev–Trinajstić information content (AvgIpc) is 1.99. The monoisotopic (exact) mass is 192 g/mol. The largest absolute Gasteiger partial charge is 0.337 e. The molecular weight excluding hydrogens is 176 g/mol. The van der Waals surface area contributed by atoms with Gasteiger partial charge in [0.25, 0.3) is 0 Å². The fourth-order valence-electron chi connectivity index (χ4n) is 0.819. The predicted molar refractivity (Wildman–Crippen MR) is 53.4 cm³/mol. The van der Waals surface area contributed by atoms with Gasteiger partial charge < -0.3 is 5.32 Å². The molecule has 0 spiro atoms. The number of carbonyl (C=O) groups excluding carboxylic acids is 1. The van der Waals surface area contributed by atoms with E-state index in [9.17, 15) is 4.79 Å². The molecule has 1 atom stereocenters. The summed E-state index contributed by atoms with van der Waals surface area (Å²) in [7, 11) is 3.86. The molecule has 0 aromatic carbocycles. The van der Waals surface area contributed by atoms with Crippen LogP contribution >= 0.6 is 12.4 Å². The third-order valence-corrected chi connectivity index (χ3v) is 1.50. The minimum atomic E-state index is -0.120. The van der Waals surface area contributed by atoms with Crippen LogP contribution in [-0.2, 0) is 4.79 Å². The van der Waals surface area contributed by atoms with Gasteiger partial charge in [-0.1, -0.05) is 13.5 Å². The van der Waals surface area contributed by atoms with Crippen molar-refractivity contribution in [3.05, 3.63) is 12.7 Å². The van der Waals surface area contributed by atoms with Gasteiger partial charge in [0, 0.05) is 0 Å². The first kappa shape index (κ1) is 14.0. The molecule has 3 nitrogen and oxygen atoms in total. The molecular formula is C8H17ClN2O. The van der Waals surface area contributed by atoms with Crippen LogP contribution in [0.2, 0.25) is 0 Å². The minimum Gasteiger partial charge on any atom is -0.337 e. The Morgan fingerprint density at radius 3 is 2.42 bits per heavy atom. The lowest BCUT2D eigenvalue weighted by molar-refractivity contribution is -0.118. The molecule has 12 heavy (non-hydrogen) atoms. The molecule has 0 heterocycles. The third-order valence-electron chi connectivity index (χ3n) is 1.50. The molecule has 0 saturated heterocycles. The van der Waals surface area contributed by atoms with Crippen molar-refractivity contribution in [3.63, 3.8) is 0 Å². The molecule has 4 heteroatoms. The van der Waals surface area contributed by atoms with Crippen molar-refractivity contribution in [3.8, 4) is 0 Å². The molecule has 0 aromatic rings. The maximum Gasteiger partial charge on any atom is 0.244 e. The van der Waals surface area contributed by atoms with E-state index in [1.165, 1.54) is 6.08 Å². The maximum absolute atomic E-state index is 10.8. The lowest BCUT2D eigenvalue weighted by Gasteiger charge is -2.23. The van der Waals surface area contributed by atoms with Gasteiger partial charge in [0.2, 0.25) is 5.91 Å². The quantitative estimate of drug-likeness (QED) is 0.533. The van der Waals surface area contributed by atoms with Crippen LogP contribution < -0.4 is 5.32 Å². The number of nitrogens with zero attached hydrogens (tertiary/aromatic N) is 1. The summed E-state index contributed by atoms with van der Waals surface area (Å²) < 4.78 is 0. The van der Waals surface area contributed by atoms with Crippen molar-refractivity contribution in [2.75, 3.05) is 14.1 Å². The second-order valence-corrected chi connectivity index (χ2v) is 2.60. The van der Waals surface area contributed by atoms with E-state index in [2.05, 4.69) is 11.9 Å². The van der Waals surface area contributed by atoms with E-state index in [1.54, 1.807) is 0 Å². The van der Waals surface area contributed by atoms with E-state index in [1.807, 2.05) is 25.9 Å². The molecule has 0 fully saturated rings. The maximum atomic E-state index is 10.8. The Labute approximate surface area is 80.2 Å². The first-order chi connectivity index (χ1) is 5.11. The standard InChI is InChI=1S/C8H16N2O.ClH/c1-5-7(10(3)4)9-8(11)6-2;/h6-7H,2,5H2,1,3-4H3,(H,9,11);1H. The van der Waals surface area contributed by atoms with E-state index in [0.29, 0.717) is 0 Å². The molecule has 1 N–H and O–H groups in total. The third kappa shape index (κ3) is 5.16. The van der Waals surface area contributed by atoms with Gasteiger partial charge in [-0.2, -0.15) is 0 Å². The van der Waals surface area contributed by atoms with E-state index in [-0.39, 0.29) is 24.5 Å². The van der Waals surface area contributed by atoms with Crippen molar-refractivity contribution in [1.82, 2.24) is 10.2 Å². The Bertz CT molecular complexity index is 148. The second-order valence-electron chi connectivity index (χ2n) is 2.60. The van der Waals surface area contributed by atoms with Gasteiger partial charge in [0.15, 0.2) is 0 Å². The van der Waals surface area contributed by atoms with E-state index < -0.39 is 0 Å². The Morgan fingerprint density at radius 2 is 2.17 bits per heavy atom. The molecule has 0 saturated carbocycles. The number of halogens is 1. The highest BCUT2D eigenvalue weighted by Crippen LogP contribution is 1.93. The number of nitrogens with one attached hydrogen (secondary N) is 1. The zero-order valence-electron chi connectivity index (χ0n) is 7.83. The van der Waals surface area contributed by atoms with Crippen molar-refractivity contribution in [2.24, 2.45) is 0 Å². The normalized spacial score (nSPS) is 11.7. The van der Waals surface area contributed by atoms with Crippen LogP contribution in [0, 0.1) is 0 Å². The number of amides is 1. The molecule has 1 unspecified atom stereocenters. The molecule has 0 aliphatic heterocycles. The van der Waals surface area contributed by atoms with Crippen LogP contribution in [0.3, 0.4) is 0 Å². The van der Waals surface area contributed by atoms with E-state index in [0.717, 1.165) is 6.42 Å². The Kier molecular flexibility index (Phi) is 8.32. The number of hydrogen-bond acceptors (Lipinski definition) is 2. The fourth-order valence-corrected chi connectivity index (χ4v) is 0.819. The molecule has 72 valence electrons. The fraction of sp³-hybridized carbons (Fsp3) is 0.625. The summed E-state index contributed by atoms with van der Waals surface area (Å²) in [6.45, 7) is 5.40. The SMILES string of the molecule is C=CC(=O)NC(CC)N(C)C.Cl. The summed E-state index contributed by atoms with van der Waals surface area (Å²) in [5.41, 5.74) is 0. The summed E-state index contributed by atoms with van der Waals surface area (Å²) >= 11 is 0. The van der Waals surface area contributed by atoms with Gasteiger partial charge in [-0.05, 0) is 26.6 Å². The Morgan fingerprint density at radius 1 is 1.67 bits per heavy atom. The van der Waals surface area contributed by atoms with Crippen LogP contribution in [-0.4, -0.2) is 31.1 Å². The summed E-state index contributed by atoms with van der Waals surface area (Å²) in [5.74, 6) is -0.120. The van der Waals surface area contributed by atoms with Gasteiger partial charge in [-0.3, -0.25) is 9.69 Å². The molecule has 0 aliphatic rings. The summed E-state index contributed by atoms with van der Waals surface area (Å²) in [6, 6.07) is 0. The highest BCUT2D eigenvalue weighted by atomic mass is 35.5.